The predicted octanol–water partition coefficient (Wildman–Crippen LogP) is 8.20. The standard InChI is InChI=1S/C26H29O2P/c1-25(2,3)20-13-14-21(23(17-20)26(4,5)6)22-16-19(12-15-24(22)28-29-27)18-10-8-7-9-11-18/h7-17H,1-6H3. The van der Waals surface area contributed by atoms with Crippen LogP contribution >= 0.6 is 8.69 Å². The quantitative estimate of drug-likeness (QED) is 0.410. The molecule has 3 rings (SSSR count). The highest BCUT2D eigenvalue weighted by Crippen LogP contribution is 2.42. The Morgan fingerprint density at radius 1 is 0.690 bits per heavy atom. The van der Waals surface area contributed by atoms with Gasteiger partial charge in [-0.15, -0.1) is 0 Å². The van der Waals surface area contributed by atoms with Crippen molar-refractivity contribution in [3.05, 3.63) is 77.9 Å². The summed E-state index contributed by atoms with van der Waals surface area (Å²) in [4.78, 5) is 0. The zero-order valence-electron chi connectivity index (χ0n) is 18.1. The van der Waals surface area contributed by atoms with Gasteiger partial charge < -0.3 is 4.52 Å². The summed E-state index contributed by atoms with van der Waals surface area (Å²) in [5.74, 6) is 0.621. The molecule has 29 heavy (non-hydrogen) atoms. The molecule has 3 aromatic carbocycles. The Hall–Kier alpha value is -2.44. The van der Waals surface area contributed by atoms with Crippen LogP contribution < -0.4 is 4.52 Å². The Morgan fingerprint density at radius 3 is 1.97 bits per heavy atom. The third kappa shape index (κ3) is 4.77. The van der Waals surface area contributed by atoms with Gasteiger partial charge in [-0.2, -0.15) is 0 Å². The second-order valence-corrected chi connectivity index (χ2v) is 9.83. The first-order chi connectivity index (χ1) is 13.6. The minimum atomic E-state index is -0.351. The van der Waals surface area contributed by atoms with Crippen molar-refractivity contribution in [1.29, 1.82) is 0 Å². The van der Waals surface area contributed by atoms with Crippen molar-refractivity contribution >= 4 is 8.69 Å². The van der Waals surface area contributed by atoms with Crippen molar-refractivity contribution in [2.75, 3.05) is 0 Å². The van der Waals surface area contributed by atoms with Crippen LogP contribution in [0.1, 0.15) is 52.7 Å². The lowest BCUT2D eigenvalue weighted by Crippen LogP contribution is -2.17. The summed E-state index contributed by atoms with van der Waals surface area (Å²) in [5, 5.41) is 0. The average molecular weight is 404 g/mol. The second kappa shape index (κ2) is 8.13. The molecule has 0 saturated heterocycles. The molecule has 3 heteroatoms. The van der Waals surface area contributed by atoms with Crippen molar-refractivity contribution in [2.45, 2.75) is 52.4 Å². The van der Waals surface area contributed by atoms with Gasteiger partial charge in [0, 0.05) is 5.56 Å². The summed E-state index contributed by atoms with van der Waals surface area (Å²) in [7, 11) is -0.351. The van der Waals surface area contributed by atoms with Crippen LogP contribution in [-0.2, 0) is 15.4 Å². The van der Waals surface area contributed by atoms with Gasteiger partial charge in [0.2, 0.25) is 0 Å². The molecule has 0 aromatic heterocycles. The van der Waals surface area contributed by atoms with Gasteiger partial charge in [-0.3, -0.25) is 0 Å². The molecule has 0 unspecified atom stereocenters. The SMILES string of the molecule is CC(C)(C)c1ccc(-c2cc(-c3ccccc3)ccc2OP=O)c(C(C)(C)C)c1. The van der Waals surface area contributed by atoms with Gasteiger partial charge in [-0.25, -0.2) is 4.57 Å². The third-order valence-electron chi connectivity index (χ3n) is 5.21. The minimum absolute atomic E-state index is 0.0498. The summed E-state index contributed by atoms with van der Waals surface area (Å²) in [6.07, 6.45) is 0. The van der Waals surface area contributed by atoms with Gasteiger partial charge in [0.1, 0.15) is 5.75 Å². The molecule has 0 fully saturated rings. The van der Waals surface area contributed by atoms with Crippen LogP contribution in [0.3, 0.4) is 0 Å². The van der Waals surface area contributed by atoms with E-state index in [1.807, 2.05) is 30.3 Å². The Balaban J connectivity index is 2.27. The van der Waals surface area contributed by atoms with Crippen LogP contribution in [-0.4, -0.2) is 0 Å². The Bertz CT molecular complexity index is 1010. The highest BCUT2D eigenvalue weighted by Gasteiger charge is 2.24. The summed E-state index contributed by atoms with van der Waals surface area (Å²) >= 11 is 0. The molecule has 3 aromatic rings. The van der Waals surface area contributed by atoms with E-state index in [9.17, 15) is 4.57 Å². The van der Waals surface area contributed by atoms with E-state index in [2.05, 4.69) is 77.9 Å². The first-order valence-corrected chi connectivity index (χ1v) is 10.7. The van der Waals surface area contributed by atoms with Gasteiger partial charge in [0.15, 0.2) is 0 Å². The van der Waals surface area contributed by atoms with E-state index in [-0.39, 0.29) is 19.5 Å². The van der Waals surface area contributed by atoms with E-state index in [1.165, 1.54) is 11.1 Å². The summed E-state index contributed by atoms with van der Waals surface area (Å²) < 4.78 is 16.7. The molecular weight excluding hydrogens is 375 g/mol. The van der Waals surface area contributed by atoms with Crippen molar-refractivity contribution in [3.63, 3.8) is 0 Å². The summed E-state index contributed by atoms with van der Waals surface area (Å²) in [6.45, 7) is 13.4. The summed E-state index contributed by atoms with van der Waals surface area (Å²) in [5.41, 5.74) is 6.89. The molecule has 0 N–H and O–H groups in total. The smallest absolute Gasteiger partial charge is 0.395 e. The molecule has 0 aliphatic carbocycles. The molecule has 0 radical (unpaired) electrons. The van der Waals surface area contributed by atoms with E-state index >= 15 is 0 Å². The molecule has 150 valence electrons. The Kier molecular flexibility index (Phi) is 5.96. The first-order valence-electron chi connectivity index (χ1n) is 9.96. The molecular formula is C26H29O2P. The van der Waals surface area contributed by atoms with Crippen LogP contribution in [0.2, 0.25) is 0 Å². The van der Waals surface area contributed by atoms with Crippen LogP contribution in [0.15, 0.2) is 66.7 Å². The van der Waals surface area contributed by atoms with Crippen LogP contribution in [0, 0.1) is 0 Å². The van der Waals surface area contributed by atoms with Crippen molar-refractivity contribution in [3.8, 4) is 28.0 Å². The Labute approximate surface area is 176 Å². The topological polar surface area (TPSA) is 26.3 Å². The molecule has 0 atom stereocenters. The van der Waals surface area contributed by atoms with Crippen molar-refractivity contribution in [1.82, 2.24) is 0 Å². The predicted molar refractivity (Wildman–Crippen MR) is 123 cm³/mol. The summed E-state index contributed by atoms with van der Waals surface area (Å²) in [6, 6.07) is 23.0. The van der Waals surface area contributed by atoms with Gasteiger partial charge in [0.05, 0.1) is 0 Å². The maximum atomic E-state index is 11.3. The molecule has 0 heterocycles. The second-order valence-electron chi connectivity index (χ2n) is 9.50. The fraction of sp³-hybridized carbons (Fsp3) is 0.308. The largest absolute Gasteiger partial charge is 0.407 e. The minimum Gasteiger partial charge on any atom is -0.407 e. The maximum absolute atomic E-state index is 11.3. The van der Waals surface area contributed by atoms with Crippen LogP contribution in [0.25, 0.3) is 22.3 Å². The molecule has 0 spiro atoms. The average Bonchev–Trinajstić information content (AvgIpc) is 2.67. The fourth-order valence-electron chi connectivity index (χ4n) is 3.54. The zero-order valence-corrected chi connectivity index (χ0v) is 19.0. The van der Waals surface area contributed by atoms with Crippen molar-refractivity contribution < 1.29 is 9.09 Å². The third-order valence-corrected chi connectivity index (χ3v) is 5.48. The van der Waals surface area contributed by atoms with Gasteiger partial charge >= 0.3 is 8.69 Å². The van der Waals surface area contributed by atoms with Gasteiger partial charge in [0.25, 0.3) is 0 Å². The molecule has 0 aliphatic rings. The van der Waals surface area contributed by atoms with Gasteiger partial charge in [-0.05, 0) is 50.8 Å². The molecule has 0 saturated carbocycles. The first kappa shape index (κ1) is 21.3. The van der Waals surface area contributed by atoms with E-state index in [0.29, 0.717) is 5.75 Å². The molecule has 0 aliphatic heterocycles. The molecule has 0 amide bonds. The van der Waals surface area contributed by atoms with E-state index in [0.717, 1.165) is 22.3 Å². The highest BCUT2D eigenvalue weighted by atomic mass is 31.1. The molecule has 0 bridgehead atoms. The normalized spacial score (nSPS) is 12.2. The van der Waals surface area contributed by atoms with Crippen LogP contribution in [0.5, 0.6) is 5.75 Å². The van der Waals surface area contributed by atoms with E-state index in [4.69, 9.17) is 4.52 Å². The highest BCUT2D eigenvalue weighted by molar-refractivity contribution is 7.17. The number of hydrogen-bond acceptors (Lipinski definition) is 2. The fourth-order valence-corrected chi connectivity index (χ4v) is 3.78. The number of benzene rings is 3. The van der Waals surface area contributed by atoms with E-state index in [1.54, 1.807) is 0 Å². The lowest BCUT2D eigenvalue weighted by atomic mass is 9.77. The van der Waals surface area contributed by atoms with E-state index < -0.39 is 0 Å². The molecule has 2 nitrogen and oxygen atoms in total. The Morgan fingerprint density at radius 2 is 1.38 bits per heavy atom. The zero-order chi connectivity index (χ0) is 21.2. The number of rotatable bonds is 4. The van der Waals surface area contributed by atoms with Crippen molar-refractivity contribution in [2.24, 2.45) is 0 Å². The van der Waals surface area contributed by atoms with Gasteiger partial charge in [-0.1, -0.05) is 96.1 Å². The van der Waals surface area contributed by atoms with Crippen LogP contribution in [0.4, 0.5) is 0 Å². The lowest BCUT2D eigenvalue weighted by molar-refractivity contribution is 0.525. The maximum Gasteiger partial charge on any atom is 0.395 e. The lowest BCUT2D eigenvalue weighted by Gasteiger charge is -2.28. The number of hydrogen-bond donors (Lipinski definition) is 0. The monoisotopic (exact) mass is 404 g/mol.